The van der Waals surface area contributed by atoms with Crippen LogP contribution >= 0.6 is 11.3 Å². The molecule has 31 heavy (non-hydrogen) atoms. The van der Waals surface area contributed by atoms with Crippen LogP contribution in [0.2, 0.25) is 0 Å². The van der Waals surface area contributed by atoms with Crippen LogP contribution in [0.15, 0.2) is 42.6 Å². The zero-order valence-corrected chi connectivity index (χ0v) is 17.8. The highest BCUT2D eigenvalue weighted by molar-refractivity contribution is 7.19. The lowest BCUT2D eigenvalue weighted by atomic mass is 10.1. The average molecular weight is 431 g/mol. The summed E-state index contributed by atoms with van der Waals surface area (Å²) in [6.07, 6.45) is 10.6. The van der Waals surface area contributed by atoms with Crippen LogP contribution in [-0.4, -0.2) is 20.9 Å². The fraction of sp³-hybridized carbons (Fsp3) is 0.250. The van der Waals surface area contributed by atoms with E-state index < -0.39 is 5.97 Å². The Hall–Kier alpha value is -3.32. The molecular weight excluding hydrogens is 408 g/mol. The number of fused-ring (bicyclic) bond motifs is 4. The minimum Gasteiger partial charge on any atom is -0.454 e. The molecule has 0 unspecified atom stereocenters. The molecule has 156 valence electrons. The lowest BCUT2D eigenvalue weighted by molar-refractivity contribution is -0.139. The highest BCUT2D eigenvalue weighted by Crippen LogP contribution is 2.37. The molecule has 1 aliphatic rings. The first-order chi connectivity index (χ1) is 15.2. The smallest absolute Gasteiger partial charge is 0.331 e. The molecule has 3 aromatic heterocycles. The van der Waals surface area contributed by atoms with E-state index in [-0.39, 0.29) is 6.61 Å². The molecule has 0 saturated heterocycles. The molecule has 7 heteroatoms. The summed E-state index contributed by atoms with van der Waals surface area (Å²) < 4.78 is 5.37. The summed E-state index contributed by atoms with van der Waals surface area (Å²) in [7, 11) is 0. The van der Waals surface area contributed by atoms with Crippen LogP contribution < -0.4 is 5.73 Å². The molecule has 0 saturated carbocycles. The molecule has 1 aliphatic carbocycles. The summed E-state index contributed by atoms with van der Waals surface area (Å²) in [5.41, 5.74) is 9.27. The van der Waals surface area contributed by atoms with E-state index >= 15 is 0 Å². The van der Waals surface area contributed by atoms with Gasteiger partial charge in [0.15, 0.2) is 12.4 Å². The Balaban J connectivity index is 1.31. The monoisotopic (exact) mass is 430 g/mol. The van der Waals surface area contributed by atoms with Gasteiger partial charge in [-0.25, -0.2) is 14.8 Å². The van der Waals surface area contributed by atoms with Crippen molar-refractivity contribution in [3.63, 3.8) is 0 Å². The van der Waals surface area contributed by atoms with E-state index in [1.54, 1.807) is 23.6 Å². The van der Waals surface area contributed by atoms with E-state index in [0.29, 0.717) is 11.6 Å². The Bertz CT molecular complexity index is 1310. The van der Waals surface area contributed by atoms with E-state index in [9.17, 15) is 4.79 Å². The number of carbonyl (C=O) groups excluding carboxylic acids is 1. The number of esters is 1. The quantitative estimate of drug-likeness (QED) is 0.283. The fourth-order valence-electron chi connectivity index (χ4n) is 4.08. The number of rotatable bonds is 4. The van der Waals surface area contributed by atoms with Gasteiger partial charge in [-0.05, 0) is 43.4 Å². The summed E-state index contributed by atoms with van der Waals surface area (Å²) >= 11 is 1.69. The van der Waals surface area contributed by atoms with E-state index in [1.807, 2.05) is 30.3 Å². The first-order valence-electron chi connectivity index (χ1n) is 10.4. The summed E-state index contributed by atoms with van der Waals surface area (Å²) in [5, 5.41) is 2.00. The van der Waals surface area contributed by atoms with Crippen molar-refractivity contribution < 1.29 is 9.53 Å². The van der Waals surface area contributed by atoms with Gasteiger partial charge in [0.2, 0.25) is 0 Å². The van der Waals surface area contributed by atoms with Crippen LogP contribution in [0.5, 0.6) is 0 Å². The second-order valence-corrected chi connectivity index (χ2v) is 8.72. The highest BCUT2D eigenvalue weighted by atomic mass is 32.1. The first-order valence-corrected chi connectivity index (χ1v) is 11.3. The van der Waals surface area contributed by atoms with E-state index in [0.717, 1.165) is 39.5 Å². The van der Waals surface area contributed by atoms with Gasteiger partial charge in [0, 0.05) is 28.1 Å². The van der Waals surface area contributed by atoms with Crippen LogP contribution in [0.25, 0.3) is 27.2 Å². The molecule has 0 amide bonds. The number of para-hydroxylation sites is 1. The van der Waals surface area contributed by atoms with Gasteiger partial charge in [0.1, 0.15) is 10.6 Å². The number of thiophene rings is 1. The molecule has 6 nitrogen and oxygen atoms in total. The lowest BCUT2D eigenvalue weighted by Crippen LogP contribution is -2.06. The number of carbonyl (C=O) groups is 1. The molecule has 4 aromatic rings. The van der Waals surface area contributed by atoms with Gasteiger partial charge in [-0.1, -0.05) is 30.7 Å². The molecule has 5 rings (SSSR count). The third-order valence-electron chi connectivity index (χ3n) is 5.55. The normalized spacial score (nSPS) is 14.1. The lowest BCUT2D eigenvalue weighted by Gasteiger charge is -2.05. The van der Waals surface area contributed by atoms with Gasteiger partial charge in [0.05, 0.1) is 10.9 Å². The Morgan fingerprint density at radius 3 is 2.94 bits per heavy atom. The minimum atomic E-state index is -0.461. The summed E-state index contributed by atoms with van der Waals surface area (Å²) in [6.45, 7) is -0.0142. The third kappa shape index (κ3) is 4.01. The van der Waals surface area contributed by atoms with Gasteiger partial charge >= 0.3 is 5.97 Å². The summed E-state index contributed by atoms with van der Waals surface area (Å²) in [4.78, 5) is 27.9. The molecule has 2 N–H and O–H groups in total. The minimum absolute atomic E-state index is 0.0142. The number of anilines is 1. The van der Waals surface area contributed by atoms with Crippen LogP contribution in [0.4, 0.5) is 5.82 Å². The van der Waals surface area contributed by atoms with Gasteiger partial charge in [-0.15, -0.1) is 11.3 Å². The molecule has 1 aromatic carbocycles. The van der Waals surface area contributed by atoms with Crippen molar-refractivity contribution >= 4 is 50.3 Å². The van der Waals surface area contributed by atoms with Crippen molar-refractivity contribution in [1.82, 2.24) is 15.0 Å². The maximum absolute atomic E-state index is 12.3. The molecule has 0 aliphatic heterocycles. The topological polar surface area (TPSA) is 91.0 Å². The van der Waals surface area contributed by atoms with Gasteiger partial charge in [0.25, 0.3) is 0 Å². The Morgan fingerprint density at radius 2 is 2.00 bits per heavy atom. The SMILES string of the molecule is Nc1nc(COC(=O)/C=C/c2cccc3cccnc23)nc2sc3c(c12)CCCCC3. The van der Waals surface area contributed by atoms with E-state index in [1.165, 1.54) is 35.8 Å². The van der Waals surface area contributed by atoms with Crippen LogP contribution in [-0.2, 0) is 29.0 Å². The summed E-state index contributed by atoms with van der Waals surface area (Å²) in [6, 6.07) is 9.71. The zero-order valence-electron chi connectivity index (χ0n) is 17.0. The third-order valence-corrected chi connectivity index (χ3v) is 6.73. The molecule has 0 spiro atoms. The van der Waals surface area contributed by atoms with Crippen molar-refractivity contribution in [2.75, 3.05) is 5.73 Å². The number of nitrogens with zero attached hydrogens (tertiary/aromatic N) is 3. The van der Waals surface area contributed by atoms with Crippen molar-refractivity contribution in [1.29, 1.82) is 0 Å². The molecule has 3 heterocycles. The number of benzene rings is 1. The zero-order chi connectivity index (χ0) is 21.2. The van der Waals surface area contributed by atoms with Crippen LogP contribution in [0.1, 0.15) is 41.1 Å². The van der Waals surface area contributed by atoms with Crippen molar-refractivity contribution in [2.24, 2.45) is 0 Å². The molecule has 0 bridgehead atoms. The van der Waals surface area contributed by atoms with Crippen LogP contribution in [0, 0.1) is 0 Å². The maximum atomic E-state index is 12.3. The first kappa shape index (κ1) is 19.6. The van der Waals surface area contributed by atoms with Crippen molar-refractivity contribution in [3.8, 4) is 0 Å². The Morgan fingerprint density at radius 1 is 1.13 bits per heavy atom. The van der Waals surface area contributed by atoms with E-state index in [2.05, 4.69) is 15.0 Å². The molecule has 0 fully saturated rings. The van der Waals surface area contributed by atoms with Crippen molar-refractivity contribution in [3.05, 3.63) is 64.4 Å². The van der Waals surface area contributed by atoms with Crippen LogP contribution in [0.3, 0.4) is 0 Å². The number of aryl methyl sites for hydroxylation is 2. The number of aromatic nitrogens is 3. The largest absolute Gasteiger partial charge is 0.454 e. The highest BCUT2D eigenvalue weighted by Gasteiger charge is 2.19. The standard InChI is InChI=1S/C24H22N4O2S/c25-23-21-17-9-2-1-3-10-18(17)31-24(21)28-19(27-23)14-30-20(29)12-11-16-7-4-6-15-8-5-13-26-22(15)16/h4-8,11-13H,1-3,9-10,14H2,(H2,25,27,28)/b12-11+. The second kappa shape index (κ2) is 8.43. The van der Waals surface area contributed by atoms with E-state index in [4.69, 9.17) is 10.5 Å². The molecule has 0 radical (unpaired) electrons. The van der Waals surface area contributed by atoms with Crippen molar-refractivity contribution in [2.45, 2.75) is 38.7 Å². The van der Waals surface area contributed by atoms with Gasteiger partial charge in [-0.3, -0.25) is 4.98 Å². The molecular formula is C24H22N4O2S. The second-order valence-electron chi connectivity index (χ2n) is 7.63. The number of hydrogen-bond donors (Lipinski definition) is 1. The van der Waals surface area contributed by atoms with Gasteiger partial charge < -0.3 is 10.5 Å². The molecule has 0 atom stereocenters. The Labute approximate surface area is 183 Å². The maximum Gasteiger partial charge on any atom is 0.331 e. The number of nitrogens with two attached hydrogens (primary N) is 1. The number of hydrogen-bond acceptors (Lipinski definition) is 7. The average Bonchev–Trinajstić information content (AvgIpc) is 2.98. The van der Waals surface area contributed by atoms with Gasteiger partial charge in [-0.2, -0.15) is 0 Å². The Kier molecular flexibility index (Phi) is 5.34. The fourth-order valence-corrected chi connectivity index (χ4v) is 5.36. The predicted molar refractivity (Wildman–Crippen MR) is 124 cm³/mol. The number of pyridine rings is 1. The summed E-state index contributed by atoms with van der Waals surface area (Å²) in [5.74, 6) is 0.444. The number of ether oxygens (including phenoxy) is 1. The predicted octanol–water partition coefficient (Wildman–Crippen LogP) is 4.85. The number of nitrogen functional groups attached to an aromatic ring is 1.